The fourth-order valence-corrected chi connectivity index (χ4v) is 4.44. The van der Waals surface area contributed by atoms with Crippen LogP contribution in [0.4, 0.5) is 4.39 Å². The fraction of sp³-hybridized carbons (Fsp3) is 0.273. The summed E-state index contributed by atoms with van der Waals surface area (Å²) >= 11 is 6.07. The maximum atomic E-state index is 15.2. The molecular formula is C22H19ClFN11O. The van der Waals surface area contributed by atoms with Crippen LogP contribution in [0.1, 0.15) is 31.0 Å². The van der Waals surface area contributed by atoms with Crippen molar-refractivity contribution in [3.05, 3.63) is 70.9 Å². The molecule has 0 bridgehead atoms. The molecule has 1 aliphatic carbocycles. The van der Waals surface area contributed by atoms with Crippen LogP contribution in [-0.2, 0) is 7.05 Å². The van der Waals surface area contributed by atoms with Gasteiger partial charge in [-0.25, -0.2) is 13.8 Å². The summed E-state index contributed by atoms with van der Waals surface area (Å²) < 4.78 is 20.5. The molecule has 1 fully saturated rings. The first-order valence-corrected chi connectivity index (χ1v) is 11.6. The lowest BCUT2D eigenvalue weighted by Crippen LogP contribution is -2.35. The predicted molar refractivity (Wildman–Crippen MR) is 124 cm³/mol. The van der Waals surface area contributed by atoms with Crippen LogP contribution < -0.4 is 4.73 Å². The highest BCUT2D eigenvalue weighted by Crippen LogP contribution is 2.39. The normalized spacial score (nSPS) is 14.3. The minimum Gasteiger partial charge on any atom is -0.618 e. The summed E-state index contributed by atoms with van der Waals surface area (Å²) in [5, 5.41) is 40.8. The van der Waals surface area contributed by atoms with E-state index in [-0.39, 0.29) is 16.6 Å². The first-order valence-electron chi connectivity index (χ1n) is 11.2. The third-order valence-corrected chi connectivity index (χ3v) is 6.60. The van der Waals surface area contributed by atoms with Crippen molar-refractivity contribution < 1.29 is 9.12 Å². The minimum absolute atomic E-state index is 0.0743. The van der Waals surface area contributed by atoms with E-state index in [1.165, 1.54) is 23.3 Å². The molecule has 182 valence electrons. The summed E-state index contributed by atoms with van der Waals surface area (Å²) in [5.74, 6) is -0.171. The van der Waals surface area contributed by atoms with Crippen LogP contribution in [-0.4, -0.2) is 50.2 Å². The largest absolute Gasteiger partial charge is 0.618 e. The van der Waals surface area contributed by atoms with Gasteiger partial charge in [-0.2, -0.15) is 9.41 Å². The zero-order chi connectivity index (χ0) is 24.8. The molecule has 36 heavy (non-hydrogen) atoms. The van der Waals surface area contributed by atoms with Crippen LogP contribution in [0.25, 0.3) is 28.2 Å². The van der Waals surface area contributed by atoms with Crippen molar-refractivity contribution >= 4 is 11.6 Å². The number of pyridine rings is 1. The van der Waals surface area contributed by atoms with E-state index in [9.17, 15) is 5.21 Å². The van der Waals surface area contributed by atoms with Crippen LogP contribution in [0.15, 0.2) is 49.2 Å². The molecule has 1 aromatic carbocycles. The first kappa shape index (κ1) is 22.2. The van der Waals surface area contributed by atoms with E-state index in [0.717, 1.165) is 24.0 Å². The monoisotopic (exact) mass is 507 g/mol. The van der Waals surface area contributed by atoms with Gasteiger partial charge in [0.05, 0.1) is 34.2 Å². The highest BCUT2D eigenvalue weighted by atomic mass is 35.5. The topological polar surface area (TPSA) is 132 Å². The Morgan fingerprint density at radius 3 is 2.72 bits per heavy atom. The summed E-state index contributed by atoms with van der Waals surface area (Å²) in [4.78, 5) is 0. The molecule has 1 aliphatic rings. The molecule has 5 aromatic rings. The number of hydrogen-bond acceptors (Lipinski definition) is 8. The molecule has 0 N–H and O–H groups in total. The Kier molecular flexibility index (Phi) is 5.40. The number of hydrogen-bond donors (Lipinski definition) is 0. The molecule has 0 aliphatic heterocycles. The van der Waals surface area contributed by atoms with Crippen LogP contribution in [0.2, 0.25) is 5.02 Å². The highest BCUT2D eigenvalue weighted by molar-refractivity contribution is 6.31. The molecule has 6 rings (SSSR count). The summed E-state index contributed by atoms with van der Waals surface area (Å²) in [6.45, 7) is 0. The second kappa shape index (κ2) is 8.75. The Hall–Kier alpha value is -4.26. The number of rotatable bonds is 7. The van der Waals surface area contributed by atoms with Crippen molar-refractivity contribution in [2.45, 2.75) is 25.3 Å². The summed E-state index contributed by atoms with van der Waals surface area (Å²) in [6.07, 6.45) is 9.00. The van der Waals surface area contributed by atoms with Crippen LogP contribution in [0.3, 0.4) is 0 Å². The van der Waals surface area contributed by atoms with Gasteiger partial charge in [-0.15, -0.1) is 15.3 Å². The molecule has 0 spiro atoms. The number of benzene rings is 1. The summed E-state index contributed by atoms with van der Waals surface area (Å²) in [7, 11) is 1.77. The lowest BCUT2D eigenvalue weighted by atomic mass is 10.0. The van der Waals surface area contributed by atoms with Crippen molar-refractivity contribution in [3.8, 4) is 28.2 Å². The van der Waals surface area contributed by atoms with Crippen LogP contribution in [0.5, 0.6) is 0 Å². The first-order chi connectivity index (χ1) is 17.5. The second-order valence-corrected chi connectivity index (χ2v) is 9.11. The molecule has 0 unspecified atom stereocenters. The average Bonchev–Trinajstić information content (AvgIpc) is 3.24. The Bertz CT molecular complexity index is 1540. The number of aryl methyl sites for hydroxylation is 1. The number of tetrazole rings is 1. The van der Waals surface area contributed by atoms with E-state index in [1.54, 1.807) is 47.0 Å². The quantitative estimate of drug-likeness (QED) is 0.242. The van der Waals surface area contributed by atoms with Crippen LogP contribution in [0, 0.1) is 16.9 Å². The molecule has 1 saturated carbocycles. The molecule has 4 aromatic heterocycles. The zero-order valence-corrected chi connectivity index (χ0v) is 19.7. The van der Waals surface area contributed by atoms with Gasteiger partial charge in [-0.3, -0.25) is 0 Å². The van der Waals surface area contributed by atoms with Gasteiger partial charge in [0.15, 0.2) is 12.0 Å². The standard InChI is InChI=1S/C22H19ClFN11O/c1-32-20(9-25-29-32)16-11-33(30-27-16)19(8-13-2-3-13)17-6-4-14(10-35(17)36)21-18(34-12-26-28-31-34)7-5-15(23)22(21)24/h4-7,9-13,19H,2-3,8H2,1H3/t19-/m1/s1. The number of halogens is 2. The average molecular weight is 508 g/mol. The van der Waals surface area contributed by atoms with E-state index in [0.29, 0.717) is 34.3 Å². The van der Waals surface area contributed by atoms with Crippen molar-refractivity contribution in [1.82, 2.24) is 50.2 Å². The van der Waals surface area contributed by atoms with Crippen molar-refractivity contribution in [2.75, 3.05) is 0 Å². The molecule has 12 nitrogen and oxygen atoms in total. The van der Waals surface area contributed by atoms with E-state index in [4.69, 9.17) is 11.6 Å². The van der Waals surface area contributed by atoms with Crippen molar-refractivity contribution in [1.29, 1.82) is 0 Å². The molecule has 0 radical (unpaired) electrons. The van der Waals surface area contributed by atoms with E-state index < -0.39 is 5.82 Å². The zero-order valence-electron chi connectivity index (χ0n) is 19.0. The maximum absolute atomic E-state index is 15.2. The van der Waals surface area contributed by atoms with Gasteiger partial charge in [-0.1, -0.05) is 34.9 Å². The van der Waals surface area contributed by atoms with Gasteiger partial charge in [0.2, 0.25) is 5.69 Å². The molecule has 0 amide bonds. The summed E-state index contributed by atoms with van der Waals surface area (Å²) in [5.41, 5.74) is 2.60. The maximum Gasteiger partial charge on any atom is 0.217 e. The molecule has 4 heterocycles. The Balaban J connectivity index is 1.41. The molecular weight excluding hydrogens is 489 g/mol. The smallest absolute Gasteiger partial charge is 0.217 e. The fourth-order valence-electron chi connectivity index (χ4n) is 4.28. The highest BCUT2D eigenvalue weighted by Gasteiger charge is 2.33. The van der Waals surface area contributed by atoms with Gasteiger partial charge in [0, 0.05) is 13.1 Å². The van der Waals surface area contributed by atoms with Crippen molar-refractivity contribution in [3.63, 3.8) is 0 Å². The Morgan fingerprint density at radius 2 is 2.03 bits per heavy atom. The lowest BCUT2D eigenvalue weighted by molar-refractivity contribution is -0.615. The molecule has 1 atom stereocenters. The summed E-state index contributed by atoms with van der Waals surface area (Å²) in [6, 6.07) is 6.04. The Morgan fingerprint density at radius 1 is 1.17 bits per heavy atom. The van der Waals surface area contributed by atoms with Gasteiger partial charge < -0.3 is 5.21 Å². The SMILES string of the molecule is Cn1nncc1-c1cn([C@H](CC2CC2)c2ccc(-c3c(-n4cnnn4)ccc(Cl)c3F)c[n+]2[O-])nn1. The Labute approximate surface area is 208 Å². The third-order valence-electron chi connectivity index (χ3n) is 6.30. The van der Waals surface area contributed by atoms with Gasteiger partial charge >= 0.3 is 0 Å². The third kappa shape index (κ3) is 3.96. The van der Waals surface area contributed by atoms with Crippen LogP contribution >= 0.6 is 11.6 Å². The van der Waals surface area contributed by atoms with E-state index in [2.05, 4.69) is 36.1 Å². The number of aromatic nitrogens is 11. The second-order valence-electron chi connectivity index (χ2n) is 8.70. The molecule has 0 saturated heterocycles. The minimum atomic E-state index is -0.669. The van der Waals surface area contributed by atoms with E-state index in [1.807, 2.05) is 0 Å². The van der Waals surface area contributed by atoms with Gasteiger partial charge in [0.1, 0.15) is 23.8 Å². The predicted octanol–water partition coefficient (Wildman–Crippen LogP) is 2.53. The molecule has 14 heteroatoms. The van der Waals surface area contributed by atoms with Gasteiger partial charge in [-0.05, 0) is 41.0 Å². The van der Waals surface area contributed by atoms with Gasteiger partial charge in [0.25, 0.3) is 0 Å². The lowest BCUT2D eigenvalue weighted by Gasteiger charge is -2.17. The van der Waals surface area contributed by atoms with Crippen molar-refractivity contribution in [2.24, 2.45) is 13.0 Å². The number of nitrogens with zero attached hydrogens (tertiary/aromatic N) is 11. The van der Waals surface area contributed by atoms with E-state index >= 15 is 4.39 Å².